The third kappa shape index (κ3) is 1.79. The van der Waals surface area contributed by atoms with Crippen LogP contribution in [-0.4, -0.2) is 24.3 Å². The number of halogens is 1. The van der Waals surface area contributed by atoms with Crippen molar-refractivity contribution in [1.29, 1.82) is 0 Å². The first kappa shape index (κ1) is 8.85. The highest BCUT2D eigenvalue weighted by atomic mass is 35.5. The number of hydrogen-bond acceptors (Lipinski definition) is 2. The third-order valence-corrected chi connectivity index (χ3v) is 2.68. The number of hydrogen-bond donors (Lipinski definition) is 1. The quantitative estimate of drug-likeness (QED) is 0.744. The fourth-order valence-corrected chi connectivity index (χ4v) is 1.92. The Balaban J connectivity index is 2.21. The molecule has 0 spiro atoms. The highest BCUT2D eigenvalue weighted by Gasteiger charge is 2.21. The number of β-amino-alcohol motifs (C(OH)–C–C–N with tert-alkyl or cyclic N) is 1. The fourth-order valence-electron chi connectivity index (χ4n) is 1.67. The van der Waals surface area contributed by atoms with Crippen molar-refractivity contribution >= 4 is 17.3 Å². The molecular weight excluding hydrogens is 186 g/mol. The summed E-state index contributed by atoms with van der Waals surface area (Å²) < 4.78 is 0. The Kier molecular flexibility index (Phi) is 2.42. The first-order valence-corrected chi connectivity index (χ1v) is 4.83. The summed E-state index contributed by atoms with van der Waals surface area (Å²) in [5.74, 6) is 0. The van der Waals surface area contributed by atoms with Gasteiger partial charge in [0.1, 0.15) is 0 Å². The van der Waals surface area contributed by atoms with E-state index in [9.17, 15) is 5.11 Å². The van der Waals surface area contributed by atoms with Crippen molar-refractivity contribution in [3.05, 3.63) is 29.3 Å². The number of para-hydroxylation sites is 1. The van der Waals surface area contributed by atoms with Gasteiger partial charge in [-0.05, 0) is 18.6 Å². The molecule has 2 nitrogen and oxygen atoms in total. The van der Waals surface area contributed by atoms with Crippen molar-refractivity contribution in [3.63, 3.8) is 0 Å². The zero-order valence-electron chi connectivity index (χ0n) is 7.28. The van der Waals surface area contributed by atoms with Crippen molar-refractivity contribution in [2.45, 2.75) is 12.5 Å². The summed E-state index contributed by atoms with van der Waals surface area (Å²) in [6.45, 7) is 1.59. The van der Waals surface area contributed by atoms with Gasteiger partial charge in [-0.25, -0.2) is 0 Å². The molecule has 1 aromatic rings. The molecule has 0 aromatic heterocycles. The number of aliphatic hydroxyl groups excluding tert-OH is 1. The summed E-state index contributed by atoms with van der Waals surface area (Å²) in [6, 6.07) is 7.74. The summed E-state index contributed by atoms with van der Waals surface area (Å²) in [7, 11) is 0. The Morgan fingerprint density at radius 1 is 1.38 bits per heavy atom. The molecule has 1 N–H and O–H groups in total. The van der Waals surface area contributed by atoms with E-state index in [0.29, 0.717) is 6.54 Å². The molecule has 1 fully saturated rings. The minimum atomic E-state index is -0.198. The maximum absolute atomic E-state index is 9.37. The van der Waals surface area contributed by atoms with Gasteiger partial charge in [0.2, 0.25) is 0 Å². The number of benzene rings is 1. The molecule has 0 amide bonds. The average molecular weight is 198 g/mol. The minimum absolute atomic E-state index is 0.198. The van der Waals surface area contributed by atoms with Gasteiger partial charge in [-0.15, -0.1) is 0 Å². The molecule has 0 aliphatic carbocycles. The Hall–Kier alpha value is -0.730. The molecular formula is C10H12ClNO. The lowest BCUT2D eigenvalue weighted by atomic mass is 10.3. The zero-order chi connectivity index (χ0) is 9.26. The molecule has 0 saturated carbocycles. The molecule has 1 saturated heterocycles. The second-order valence-electron chi connectivity index (χ2n) is 3.34. The van der Waals surface area contributed by atoms with Crippen LogP contribution in [-0.2, 0) is 0 Å². The number of aliphatic hydroxyl groups is 1. The Morgan fingerprint density at radius 3 is 2.77 bits per heavy atom. The van der Waals surface area contributed by atoms with E-state index < -0.39 is 0 Å². The first-order valence-electron chi connectivity index (χ1n) is 4.45. The molecule has 2 rings (SSSR count). The van der Waals surface area contributed by atoms with Crippen molar-refractivity contribution in [2.75, 3.05) is 18.0 Å². The summed E-state index contributed by atoms with van der Waals surface area (Å²) in [4.78, 5) is 2.12. The van der Waals surface area contributed by atoms with E-state index in [1.54, 1.807) is 0 Å². The molecule has 0 unspecified atom stereocenters. The number of anilines is 1. The van der Waals surface area contributed by atoms with Crippen LogP contribution in [0.4, 0.5) is 5.69 Å². The van der Waals surface area contributed by atoms with Crippen LogP contribution in [0, 0.1) is 0 Å². The van der Waals surface area contributed by atoms with Crippen LogP contribution >= 0.6 is 11.6 Å². The van der Waals surface area contributed by atoms with Gasteiger partial charge in [-0.2, -0.15) is 0 Å². The minimum Gasteiger partial charge on any atom is -0.391 e. The molecule has 1 aliphatic heterocycles. The van der Waals surface area contributed by atoms with Crippen molar-refractivity contribution in [3.8, 4) is 0 Å². The monoisotopic (exact) mass is 197 g/mol. The Bertz CT molecular complexity index is 303. The van der Waals surface area contributed by atoms with Gasteiger partial charge in [-0.1, -0.05) is 23.7 Å². The second kappa shape index (κ2) is 3.56. The lowest BCUT2D eigenvalue weighted by molar-refractivity contribution is 0.198. The van der Waals surface area contributed by atoms with Crippen LogP contribution in [0.15, 0.2) is 24.3 Å². The SMILES string of the molecule is O[C@H]1CCN(c2ccccc2Cl)C1. The van der Waals surface area contributed by atoms with E-state index >= 15 is 0 Å². The largest absolute Gasteiger partial charge is 0.391 e. The van der Waals surface area contributed by atoms with Gasteiger partial charge in [0, 0.05) is 13.1 Å². The average Bonchev–Trinajstić information content (AvgIpc) is 2.53. The molecule has 3 heteroatoms. The predicted molar refractivity (Wildman–Crippen MR) is 54.3 cm³/mol. The molecule has 1 atom stereocenters. The summed E-state index contributed by atoms with van der Waals surface area (Å²) in [6.07, 6.45) is 0.641. The van der Waals surface area contributed by atoms with Gasteiger partial charge in [0.05, 0.1) is 16.8 Å². The van der Waals surface area contributed by atoms with E-state index in [4.69, 9.17) is 11.6 Å². The topological polar surface area (TPSA) is 23.5 Å². The van der Waals surface area contributed by atoms with E-state index in [-0.39, 0.29) is 6.10 Å². The number of nitrogens with zero attached hydrogens (tertiary/aromatic N) is 1. The van der Waals surface area contributed by atoms with Gasteiger partial charge < -0.3 is 10.0 Å². The van der Waals surface area contributed by atoms with E-state index in [1.165, 1.54) is 0 Å². The highest BCUT2D eigenvalue weighted by molar-refractivity contribution is 6.33. The van der Waals surface area contributed by atoms with E-state index in [0.717, 1.165) is 23.7 Å². The van der Waals surface area contributed by atoms with Crippen LogP contribution in [0.5, 0.6) is 0 Å². The lowest BCUT2D eigenvalue weighted by Gasteiger charge is -2.18. The predicted octanol–water partition coefficient (Wildman–Crippen LogP) is 1.91. The van der Waals surface area contributed by atoms with Crippen LogP contribution in [0.2, 0.25) is 5.02 Å². The van der Waals surface area contributed by atoms with Crippen LogP contribution < -0.4 is 4.90 Å². The van der Waals surface area contributed by atoms with Gasteiger partial charge in [-0.3, -0.25) is 0 Å². The second-order valence-corrected chi connectivity index (χ2v) is 3.75. The molecule has 1 aliphatic rings. The van der Waals surface area contributed by atoms with Crippen molar-refractivity contribution in [1.82, 2.24) is 0 Å². The molecule has 1 aromatic carbocycles. The maximum atomic E-state index is 9.37. The molecule has 13 heavy (non-hydrogen) atoms. The first-order chi connectivity index (χ1) is 6.27. The smallest absolute Gasteiger partial charge is 0.0731 e. The van der Waals surface area contributed by atoms with E-state index in [2.05, 4.69) is 4.90 Å². The van der Waals surface area contributed by atoms with Crippen LogP contribution in [0.1, 0.15) is 6.42 Å². The molecule has 70 valence electrons. The van der Waals surface area contributed by atoms with Gasteiger partial charge in [0.15, 0.2) is 0 Å². The Morgan fingerprint density at radius 2 is 2.15 bits per heavy atom. The summed E-state index contributed by atoms with van der Waals surface area (Å²) in [5, 5.41) is 10.1. The van der Waals surface area contributed by atoms with Crippen molar-refractivity contribution < 1.29 is 5.11 Å². The summed E-state index contributed by atoms with van der Waals surface area (Å²) in [5.41, 5.74) is 1.03. The highest BCUT2D eigenvalue weighted by Crippen LogP contribution is 2.27. The fraction of sp³-hybridized carbons (Fsp3) is 0.400. The van der Waals surface area contributed by atoms with Crippen LogP contribution in [0.3, 0.4) is 0 Å². The van der Waals surface area contributed by atoms with Crippen LogP contribution in [0.25, 0.3) is 0 Å². The van der Waals surface area contributed by atoms with Gasteiger partial charge in [0.25, 0.3) is 0 Å². The van der Waals surface area contributed by atoms with Crippen molar-refractivity contribution in [2.24, 2.45) is 0 Å². The summed E-state index contributed by atoms with van der Waals surface area (Å²) >= 11 is 6.03. The molecule has 0 bridgehead atoms. The molecule has 1 heterocycles. The maximum Gasteiger partial charge on any atom is 0.0731 e. The van der Waals surface area contributed by atoms with Gasteiger partial charge >= 0.3 is 0 Å². The zero-order valence-corrected chi connectivity index (χ0v) is 8.04. The third-order valence-electron chi connectivity index (χ3n) is 2.36. The lowest BCUT2D eigenvalue weighted by Crippen LogP contribution is -2.21. The Labute approximate surface area is 82.7 Å². The normalized spacial score (nSPS) is 22.3. The van der Waals surface area contributed by atoms with E-state index in [1.807, 2.05) is 24.3 Å². The standard InChI is InChI=1S/C10H12ClNO/c11-9-3-1-2-4-10(9)12-6-5-8(13)7-12/h1-4,8,13H,5-7H2/t8-/m0/s1. The molecule has 0 radical (unpaired) electrons. The number of rotatable bonds is 1.